The van der Waals surface area contributed by atoms with Crippen molar-refractivity contribution in [1.29, 1.82) is 0 Å². The fourth-order valence-electron chi connectivity index (χ4n) is 4.26. The largest absolute Gasteiger partial charge is 0.350 e. The number of carbonyl (C=O) groups is 1. The summed E-state index contributed by atoms with van der Waals surface area (Å²) in [6.07, 6.45) is 3.44. The van der Waals surface area contributed by atoms with Gasteiger partial charge in [0.1, 0.15) is 5.21 Å². The highest BCUT2D eigenvalue weighted by atomic mass is 35.6. The van der Waals surface area contributed by atoms with E-state index >= 15 is 0 Å². The van der Waals surface area contributed by atoms with E-state index in [2.05, 4.69) is 48.4 Å². The van der Waals surface area contributed by atoms with Gasteiger partial charge in [0.2, 0.25) is 84.4 Å². The standard InChI is InChI=1S/C7H17NO2S.C6H15NO2S.C5H9Cl3N2O.C5H13NO2S.C4H9Cl2NO2S.C4H10ClNO2S.C4H9F2NO2S.3C4H11NO2S/c1-6(2)8-11(9,10)7(3,4)5;1-5(2)7-10(8,9)6(3)4;1-3(2)9-4(11)10-5(6,7)8;1-4-9(7,8)6-5(2)3;1-3(2)7-10(8,9)4(5)6;1-4(2)6-9(7,8)3-5;1-3(2)7-10(8,9)4(5)6;3*1-4(2)5-8(3,6)7/h6,8H,1-5H3;5-7H,1-4H3;3H,1-2H3,(H2,9,10,11);5-6H,4H2,1-3H3;3-4,7H,1-2H3;4,6H,3H2,1-2H3;3-4,7H,1-2H3;3*4-5H,1-3H3. The van der Waals surface area contributed by atoms with Crippen molar-refractivity contribution in [3.05, 3.63) is 0 Å². The maximum atomic E-state index is 11.5. The van der Waals surface area contributed by atoms with E-state index in [4.69, 9.17) is 69.6 Å². The summed E-state index contributed by atoms with van der Waals surface area (Å²) >= 11 is 31.2. The second-order valence-corrected chi connectivity index (χ2v) is 45.3. The number of carbonyl (C=O) groups excluding carboxylic acids is 1. The molecule has 0 aliphatic carbocycles. The van der Waals surface area contributed by atoms with E-state index < -0.39 is 121 Å². The Bertz CT molecular complexity index is 2820. The molecule has 0 aliphatic rings. The summed E-state index contributed by atoms with van der Waals surface area (Å²) < 4.78 is 231. The maximum Gasteiger partial charge on any atom is 0.350 e. The van der Waals surface area contributed by atoms with Gasteiger partial charge in [0.15, 0.2) is 0 Å². The summed E-state index contributed by atoms with van der Waals surface area (Å²) in [5.41, 5.74) is 0. The van der Waals surface area contributed by atoms with Gasteiger partial charge in [-0.2, -0.15) is 8.78 Å². The van der Waals surface area contributed by atoms with Gasteiger partial charge in [0.05, 0.1) is 34.5 Å². The van der Waals surface area contributed by atoms with Crippen molar-refractivity contribution < 1.29 is 89.3 Å². The first-order valence-corrected chi connectivity index (χ1v) is 45.6. The maximum absolute atomic E-state index is 11.5. The second-order valence-electron chi connectivity index (χ2n) is 23.5. The molecule has 0 aromatic heterocycles. The molecule has 0 fully saturated rings. The summed E-state index contributed by atoms with van der Waals surface area (Å²) in [6, 6.07) is -1.23. The van der Waals surface area contributed by atoms with Crippen LogP contribution in [-0.4, -0.2) is 196 Å². The Balaban J connectivity index is -0.000000104. The summed E-state index contributed by atoms with van der Waals surface area (Å²) in [4.78, 5) is 10.8. The zero-order valence-electron chi connectivity index (χ0n) is 59.4. The monoisotopic (exact) mass is 1670 g/mol. The van der Waals surface area contributed by atoms with Crippen LogP contribution in [0.5, 0.6) is 0 Å². The molecule has 0 unspecified atom stereocenters. The van der Waals surface area contributed by atoms with E-state index in [1.165, 1.54) is 13.8 Å². The normalized spacial score (nSPS) is 12.7. The number of sulfonamides is 9. The van der Waals surface area contributed by atoms with Gasteiger partial charge < -0.3 is 5.32 Å². The van der Waals surface area contributed by atoms with Gasteiger partial charge in [0.25, 0.3) is 13.9 Å². The van der Waals surface area contributed by atoms with Crippen LogP contribution in [-0.2, 0) is 90.2 Å². The van der Waals surface area contributed by atoms with Gasteiger partial charge in [-0.25, -0.2) is 123 Å². The Morgan fingerprint density at radius 1 is 0.383 bits per heavy atom. The zero-order valence-corrected chi connectivity index (χ0v) is 71.3. The quantitative estimate of drug-likeness (QED) is 0.0381. The van der Waals surface area contributed by atoms with E-state index in [0.29, 0.717) is 0 Å². The number of rotatable bonds is 24. The van der Waals surface area contributed by atoms with Crippen LogP contribution in [0.25, 0.3) is 0 Å². The van der Waals surface area contributed by atoms with Gasteiger partial charge in [-0.05, 0) is 180 Å². The lowest BCUT2D eigenvalue weighted by Gasteiger charge is -2.21. The molecule has 0 aromatic carbocycles. The fraction of sp³-hybridized carbons (Fsp3) is 0.979. The van der Waals surface area contributed by atoms with Crippen molar-refractivity contribution >= 4 is 166 Å². The molecule has 30 nitrogen and oxygen atoms in total. The Kier molecular flexibility index (Phi) is 66.0. The molecule has 47 heteroatoms. The molecule has 0 atom stereocenters. The van der Waals surface area contributed by atoms with E-state index in [1.807, 2.05) is 13.8 Å². The van der Waals surface area contributed by atoms with Gasteiger partial charge >= 0.3 is 11.8 Å². The van der Waals surface area contributed by atoms with Crippen molar-refractivity contribution in [3.63, 3.8) is 0 Å². The Hall–Kier alpha value is 0.0600. The molecule has 0 bridgehead atoms. The summed E-state index contributed by atoms with van der Waals surface area (Å²) in [5.74, 6) is -3.18. The predicted octanol–water partition coefficient (Wildman–Crippen LogP) is 6.15. The van der Waals surface area contributed by atoms with E-state index in [0.717, 1.165) is 18.8 Å². The molecule has 2 amide bonds. The molecule has 0 radical (unpaired) electrons. The smallest absolute Gasteiger partial charge is 0.336 e. The van der Waals surface area contributed by atoms with E-state index in [1.54, 1.807) is 157 Å². The van der Waals surface area contributed by atoms with E-state index in [-0.39, 0.29) is 70.6 Å². The molecule has 0 aromatic rings. The minimum Gasteiger partial charge on any atom is -0.336 e. The molecule has 0 aliphatic heterocycles. The highest BCUT2D eigenvalue weighted by molar-refractivity contribution is 7.93. The average Bonchev–Trinajstić information content (AvgIpc) is 0.911. The van der Waals surface area contributed by atoms with Crippen LogP contribution in [0.15, 0.2) is 0 Å². The van der Waals surface area contributed by atoms with Crippen molar-refractivity contribution in [2.45, 2.75) is 264 Å². The second kappa shape index (κ2) is 53.8. The van der Waals surface area contributed by atoms with Crippen LogP contribution in [0.4, 0.5) is 13.6 Å². The lowest BCUT2D eigenvalue weighted by Crippen LogP contribution is -2.44. The van der Waals surface area contributed by atoms with Gasteiger partial charge in [0, 0.05) is 60.4 Å². The summed E-state index contributed by atoms with van der Waals surface area (Å²) in [6.45, 7) is 44.9. The van der Waals surface area contributed by atoms with Crippen LogP contribution in [0.2, 0.25) is 0 Å². The van der Waals surface area contributed by atoms with Gasteiger partial charge in [-0.15, -0.1) is 11.6 Å². The van der Waals surface area contributed by atoms with Crippen molar-refractivity contribution in [2.24, 2.45) is 0 Å². The highest BCUT2D eigenvalue weighted by Crippen LogP contribution is 2.21. The number of alkyl halides is 8. The minimum atomic E-state index is -4.38. The average molecular weight is 1680 g/mol. The number of hydrogen-bond donors (Lipinski definition) is 11. The lowest BCUT2D eigenvalue weighted by molar-refractivity contribution is 0.231. The van der Waals surface area contributed by atoms with E-state index in [9.17, 15) is 89.3 Å². The molecule has 11 N–H and O–H groups in total. The molecule has 94 heavy (non-hydrogen) atoms. The Morgan fingerprint density at radius 2 is 0.628 bits per heavy atom. The molecule has 0 saturated carbocycles. The first kappa shape index (κ1) is 115. The Morgan fingerprint density at radius 3 is 0.723 bits per heavy atom. The molecule has 0 rings (SSSR count). The summed E-state index contributed by atoms with van der Waals surface area (Å²) in [7, 11) is -29.2. The molecule has 0 spiro atoms. The Labute approximate surface area is 597 Å². The van der Waals surface area contributed by atoms with Crippen LogP contribution in [0, 0.1) is 0 Å². The highest BCUT2D eigenvalue weighted by Gasteiger charge is 2.29. The third-order valence-electron chi connectivity index (χ3n) is 6.87. The SMILES string of the molecule is CC(C)NC(=O)NC(Cl)(Cl)Cl.CC(C)NS(=O)(=O)C(C)(C)C.CC(C)NS(=O)(=O)C(C)C.CC(C)NS(=O)(=O)C(Cl)Cl.CC(C)NS(=O)(=O)C(F)F.CC(C)NS(=O)(=O)CCl.CC(C)NS(C)(=O)=O.CC(C)NS(C)(=O)=O.CC(C)NS(C)(=O)=O.CCS(=O)(=O)NC(C)C. The zero-order chi connectivity index (χ0) is 78.8. The first-order chi connectivity index (χ1) is 40.8. The number of urea groups is 1. The summed E-state index contributed by atoms with van der Waals surface area (Å²) in [5, 5.41) is 3.88. The number of hydrogen-bond acceptors (Lipinski definition) is 19. The number of amides is 2. The van der Waals surface area contributed by atoms with Crippen molar-refractivity contribution in [2.75, 3.05) is 29.7 Å². The molecule has 582 valence electrons. The topological polar surface area (TPSA) is 457 Å². The number of nitrogens with one attached hydrogen (secondary N) is 11. The fourth-order valence-corrected chi connectivity index (χ4v) is 12.7. The lowest BCUT2D eigenvalue weighted by atomic mass is 10.3. The van der Waals surface area contributed by atoms with Gasteiger partial charge in [-0.1, -0.05) is 58.0 Å². The molecular formula is C47H115Cl6F2N11O19S9. The molecule has 0 heterocycles. The first-order valence-electron chi connectivity index (χ1n) is 28.0. The minimum absolute atomic E-state index is 0.00463. The predicted molar refractivity (Wildman–Crippen MR) is 387 cm³/mol. The third-order valence-corrected chi connectivity index (χ3v) is 21.8. The van der Waals surface area contributed by atoms with Crippen LogP contribution in [0.3, 0.4) is 0 Å². The van der Waals surface area contributed by atoms with Crippen molar-refractivity contribution in [1.82, 2.24) is 53.1 Å². The van der Waals surface area contributed by atoms with Crippen LogP contribution < -0.4 is 53.1 Å². The van der Waals surface area contributed by atoms with Crippen LogP contribution >= 0.6 is 69.6 Å². The number of halogens is 8. The molecule has 0 saturated heterocycles. The molecular weight excluding hydrogens is 1560 g/mol. The van der Waals surface area contributed by atoms with Crippen molar-refractivity contribution in [3.8, 4) is 0 Å². The van der Waals surface area contributed by atoms with Gasteiger partial charge in [-0.3, -0.25) is 5.32 Å². The third kappa shape index (κ3) is 101. The van der Waals surface area contributed by atoms with Crippen LogP contribution in [0.1, 0.15) is 180 Å².